The first-order valence-corrected chi connectivity index (χ1v) is 7.79. The Morgan fingerprint density at radius 1 is 1.29 bits per heavy atom. The van der Waals surface area contributed by atoms with Gasteiger partial charge in [0.25, 0.3) is 5.91 Å². The molecule has 3 rings (SSSR count). The molecule has 5 nitrogen and oxygen atoms in total. The number of aryl methyl sites for hydroxylation is 1. The van der Waals surface area contributed by atoms with E-state index in [9.17, 15) is 9.59 Å². The number of fused-ring (bicyclic) bond motifs is 2. The number of carbonyl (C=O) groups is 2. The van der Waals surface area contributed by atoms with Gasteiger partial charge in [0.15, 0.2) is 0 Å². The zero-order chi connectivity index (χ0) is 15.0. The molecule has 2 aliphatic heterocycles. The number of hydrogen-bond acceptors (Lipinski definition) is 2. The molecule has 2 bridgehead atoms. The molecule has 1 aromatic heterocycles. The monoisotopic (exact) mass is 290 g/mol. The second kappa shape index (κ2) is 5.54. The minimum atomic E-state index is -0.723. The first-order valence-electron chi connectivity index (χ1n) is 7.79. The molecule has 0 aromatic carbocycles. The minimum absolute atomic E-state index is 0.114. The van der Waals surface area contributed by atoms with Gasteiger partial charge in [0.05, 0.1) is 0 Å². The summed E-state index contributed by atoms with van der Waals surface area (Å²) in [5.41, 5.74) is 0.756. The molecular formula is C16H22N2O3. The highest BCUT2D eigenvalue weighted by atomic mass is 16.4. The standard InChI is InChI=1S/C16H22N2O3/c1-2-17-7-3-4-14(17)16(21)18-12-5-6-13(18)9-11(8-12)10-15(19)20/h3-4,7,11-13H,2,5-6,8-10H2,1H3,(H,19,20). The molecule has 0 saturated carbocycles. The lowest BCUT2D eigenvalue weighted by Gasteiger charge is -2.38. The van der Waals surface area contributed by atoms with E-state index in [-0.39, 0.29) is 30.3 Å². The van der Waals surface area contributed by atoms with E-state index in [1.54, 1.807) is 0 Å². The fourth-order valence-electron chi connectivity index (χ4n) is 4.05. The number of nitrogens with zero attached hydrogens (tertiary/aromatic N) is 2. The van der Waals surface area contributed by atoms with Crippen LogP contribution < -0.4 is 0 Å². The summed E-state index contributed by atoms with van der Waals surface area (Å²) < 4.78 is 1.98. The number of carbonyl (C=O) groups excluding carboxylic acids is 1. The lowest BCUT2D eigenvalue weighted by molar-refractivity contribution is -0.138. The molecule has 2 fully saturated rings. The number of carboxylic acid groups (broad SMARTS) is 1. The number of carboxylic acids is 1. The highest BCUT2D eigenvalue weighted by Gasteiger charge is 2.44. The fraction of sp³-hybridized carbons (Fsp3) is 0.625. The summed E-state index contributed by atoms with van der Waals surface area (Å²) in [5, 5.41) is 8.97. The van der Waals surface area contributed by atoms with Crippen LogP contribution in [0.15, 0.2) is 18.3 Å². The first kappa shape index (κ1) is 14.2. The zero-order valence-corrected chi connectivity index (χ0v) is 12.4. The van der Waals surface area contributed by atoms with Crippen molar-refractivity contribution in [1.82, 2.24) is 9.47 Å². The van der Waals surface area contributed by atoms with Crippen LogP contribution in [0, 0.1) is 5.92 Å². The molecule has 5 heteroatoms. The number of amides is 1. The number of hydrogen-bond donors (Lipinski definition) is 1. The van der Waals surface area contributed by atoms with Crippen LogP contribution in [0.5, 0.6) is 0 Å². The smallest absolute Gasteiger partial charge is 0.303 e. The van der Waals surface area contributed by atoms with E-state index in [1.165, 1.54) is 0 Å². The average Bonchev–Trinajstić information content (AvgIpc) is 3.00. The summed E-state index contributed by atoms with van der Waals surface area (Å²) in [4.78, 5) is 25.7. The maximum Gasteiger partial charge on any atom is 0.303 e. The highest BCUT2D eigenvalue weighted by molar-refractivity contribution is 5.93. The molecule has 0 radical (unpaired) electrons. The van der Waals surface area contributed by atoms with Crippen molar-refractivity contribution >= 4 is 11.9 Å². The lowest BCUT2D eigenvalue weighted by Crippen LogP contribution is -2.47. The number of piperidine rings is 1. The number of aromatic nitrogens is 1. The van der Waals surface area contributed by atoms with Gasteiger partial charge in [-0.25, -0.2) is 0 Å². The molecule has 2 unspecified atom stereocenters. The van der Waals surface area contributed by atoms with Gasteiger partial charge < -0.3 is 14.6 Å². The van der Waals surface area contributed by atoms with Gasteiger partial charge in [0, 0.05) is 31.2 Å². The predicted molar refractivity (Wildman–Crippen MR) is 78.1 cm³/mol. The van der Waals surface area contributed by atoms with Gasteiger partial charge in [-0.05, 0) is 50.7 Å². The Morgan fingerprint density at radius 3 is 2.52 bits per heavy atom. The quantitative estimate of drug-likeness (QED) is 0.926. The van der Waals surface area contributed by atoms with E-state index in [4.69, 9.17) is 5.11 Å². The van der Waals surface area contributed by atoms with Crippen LogP contribution in [0.1, 0.15) is 49.5 Å². The molecule has 2 saturated heterocycles. The van der Waals surface area contributed by atoms with E-state index in [0.717, 1.165) is 37.9 Å². The maximum atomic E-state index is 12.8. The summed E-state index contributed by atoms with van der Waals surface area (Å²) in [6.45, 7) is 2.82. The Kier molecular flexibility index (Phi) is 3.74. The van der Waals surface area contributed by atoms with Crippen LogP contribution in [0.25, 0.3) is 0 Å². The summed E-state index contributed by atoms with van der Waals surface area (Å²) in [5.74, 6) is -0.385. The third-order valence-corrected chi connectivity index (χ3v) is 4.92. The third kappa shape index (κ3) is 2.57. The topological polar surface area (TPSA) is 62.5 Å². The number of aliphatic carboxylic acids is 1. The van der Waals surface area contributed by atoms with Crippen molar-refractivity contribution in [3.63, 3.8) is 0 Å². The summed E-state index contributed by atoms with van der Waals surface area (Å²) in [6.07, 6.45) is 5.87. The van der Waals surface area contributed by atoms with Crippen LogP contribution in [0.2, 0.25) is 0 Å². The molecule has 0 aliphatic carbocycles. The maximum absolute atomic E-state index is 12.8. The molecule has 1 aromatic rings. The molecule has 114 valence electrons. The second-order valence-corrected chi connectivity index (χ2v) is 6.21. The Labute approximate surface area is 124 Å². The van der Waals surface area contributed by atoms with Gasteiger partial charge in [0.1, 0.15) is 5.69 Å². The van der Waals surface area contributed by atoms with Crippen molar-refractivity contribution in [2.24, 2.45) is 5.92 Å². The van der Waals surface area contributed by atoms with Crippen molar-refractivity contribution in [3.05, 3.63) is 24.0 Å². The van der Waals surface area contributed by atoms with Crippen LogP contribution >= 0.6 is 0 Å². The van der Waals surface area contributed by atoms with Crippen LogP contribution in [0.3, 0.4) is 0 Å². The van der Waals surface area contributed by atoms with Crippen molar-refractivity contribution < 1.29 is 14.7 Å². The summed E-state index contributed by atoms with van der Waals surface area (Å²) in [7, 11) is 0. The van der Waals surface area contributed by atoms with Gasteiger partial charge >= 0.3 is 5.97 Å². The summed E-state index contributed by atoms with van der Waals surface area (Å²) >= 11 is 0. The first-order chi connectivity index (χ1) is 10.1. The van der Waals surface area contributed by atoms with Crippen LogP contribution in [0.4, 0.5) is 0 Å². The van der Waals surface area contributed by atoms with Crippen molar-refractivity contribution in [3.8, 4) is 0 Å². The van der Waals surface area contributed by atoms with E-state index in [1.807, 2.05) is 34.7 Å². The van der Waals surface area contributed by atoms with Crippen molar-refractivity contribution in [2.75, 3.05) is 0 Å². The third-order valence-electron chi connectivity index (χ3n) is 4.92. The second-order valence-electron chi connectivity index (χ2n) is 6.21. The van der Waals surface area contributed by atoms with Gasteiger partial charge in [0.2, 0.25) is 0 Å². The van der Waals surface area contributed by atoms with Gasteiger partial charge in [-0.3, -0.25) is 9.59 Å². The SMILES string of the molecule is CCn1cccc1C(=O)N1C2CCC1CC(CC(=O)O)C2. The van der Waals surface area contributed by atoms with E-state index < -0.39 is 5.97 Å². The van der Waals surface area contributed by atoms with Crippen molar-refractivity contribution in [1.29, 1.82) is 0 Å². The average molecular weight is 290 g/mol. The Bertz CT molecular complexity index is 537. The van der Waals surface area contributed by atoms with Crippen LogP contribution in [-0.4, -0.2) is 38.5 Å². The molecule has 0 spiro atoms. The molecule has 3 heterocycles. The van der Waals surface area contributed by atoms with E-state index in [2.05, 4.69) is 0 Å². The molecule has 1 N–H and O–H groups in total. The number of rotatable bonds is 4. The molecule has 2 aliphatic rings. The zero-order valence-electron chi connectivity index (χ0n) is 12.4. The predicted octanol–water partition coefficient (Wildman–Crippen LogP) is 2.37. The summed E-state index contributed by atoms with van der Waals surface area (Å²) in [6, 6.07) is 4.24. The molecule has 2 atom stereocenters. The van der Waals surface area contributed by atoms with Gasteiger partial charge in [-0.1, -0.05) is 0 Å². The minimum Gasteiger partial charge on any atom is -0.481 e. The Morgan fingerprint density at radius 2 is 1.95 bits per heavy atom. The Balaban J connectivity index is 1.76. The molecule has 21 heavy (non-hydrogen) atoms. The molecule has 1 amide bonds. The normalized spacial score (nSPS) is 27.9. The Hall–Kier alpha value is -1.78. The van der Waals surface area contributed by atoms with Gasteiger partial charge in [-0.2, -0.15) is 0 Å². The highest BCUT2D eigenvalue weighted by Crippen LogP contribution is 2.40. The van der Waals surface area contributed by atoms with Crippen molar-refractivity contribution in [2.45, 2.75) is 57.7 Å². The largest absolute Gasteiger partial charge is 0.481 e. The van der Waals surface area contributed by atoms with Crippen LogP contribution in [-0.2, 0) is 11.3 Å². The van der Waals surface area contributed by atoms with Gasteiger partial charge in [-0.15, -0.1) is 0 Å². The molecular weight excluding hydrogens is 268 g/mol. The lowest BCUT2D eigenvalue weighted by atomic mass is 9.88. The fourth-order valence-corrected chi connectivity index (χ4v) is 4.05. The van der Waals surface area contributed by atoms with E-state index >= 15 is 0 Å². The van der Waals surface area contributed by atoms with E-state index in [0.29, 0.717) is 0 Å².